The number of nitrogens with one attached hydrogen (secondary N) is 2. The third-order valence-electron chi connectivity index (χ3n) is 6.45. The minimum Gasteiger partial charge on any atom is -0.496 e. The van der Waals surface area contributed by atoms with Gasteiger partial charge in [-0.05, 0) is 25.0 Å². The Balaban J connectivity index is 1.35. The summed E-state index contributed by atoms with van der Waals surface area (Å²) in [7, 11) is 1.69. The molecule has 1 aromatic carbocycles. The number of piperidine rings is 1. The van der Waals surface area contributed by atoms with Crippen molar-refractivity contribution in [3.63, 3.8) is 0 Å². The number of fused-ring (bicyclic) bond motifs is 1. The highest BCUT2D eigenvalue weighted by Crippen LogP contribution is 2.35. The predicted molar refractivity (Wildman–Crippen MR) is 125 cm³/mol. The van der Waals surface area contributed by atoms with E-state index in [1.54, 1.807) is 7.11 Å². The van der Waals surface area contributed by atoms with Crippen molar-refractivity contribution in [1.82, 2.24) is 25.2 Å². The van der Waals surface area contributed by atoms with Gasteiger partial charge in [0.05, 0.1) is 29.6 Å². The molecule has 5 rings (SSSR count). The Morgan fingerprint density at radius 2 is 1.94 bits per heavy atom. The molecule has 2 saturated heterocycles. The third-order valence-corrected chi connectivity index (χ3v) is 6.75. The van der Waals surface area contributed by atoms with Crippen LogP contribution in [0.4, 0.5) is 11.4 Å². The van der Waals surface area contributed by atoms with Crippen molar-refractivity contribution in [2.45, 2.75) is 18.9 Å². The summed E-state index contributed by atoms with van der Waals surface area (Å²) in [6.07, 6.45) is 3.91. The summed E-state index contributed by atoms with van der Waals surface area (Å²) >= 11 is 6.10. The summed E-state index contributed by atoms with van der Waals surface area (Å²) in [5.74, 6) is 1.43. The molecule has 4 heterocycles. The number of rotatable bonds is 4. The minimum atomic E-state index is 0.411. The van der Waals surface area contributed by atoms with Crippen LogP contribution < -0.4 is 20.7 Å². The first-order valence-corrected chi connectivity index (χ1v) is 11.2. The molecule has 0 unspecified atom stereocenters. The number of aromatic amines is 1. The molecular weight excluding hydrogens is 414 g/mol. The van der Waals surface area contributed by atoms with E-state index < -0.39 is 0 Å². The molecular formula is C22H28ClN7O. The lowest BCUT2D eigenvalue weighted by atomic mass is 10.0. The zero-order valence-electron chi connectivity index (χ0n) is 17.7. The minimum absolute atomic E-state index is 0.411. The number of nitrogens with two attached hydrogens (primary N) is 1. The van der Waals surface area contributed by atoms with Crippen molar-refractivity contribution in [2.75, 3.05) is 57.0 Å². The number of ether oxygens (including phenoxy) is 1. The Morgan fingerprint density at radius 3 is 2.68 bits per heavy atom. The van der Waals surface area contributed by atoms with Crippen LogP contribution in [0.3, 0.4) is 0 Å². The van der Waals surface area contributed by atoms with Crippen LogP contribution in [0.2, 0.25) is 5.02 Å². The van der Waals surface area contributed by atoms with Crippen molar-refractivity contribution in [3.8, 4) is 17.1 Å². The van der Waals surface area contributed by atoms with E-state index in [0.717, 1.165) is 50.6 Å². The molecule has 2 aliphatic rings. The molecule has 2 aliphatic heterocycles. The molecule has 31 heavy (non-hydrogen) atoms. The molecule has 2 fully saturated rings. The van der Waals surface area contributed by atoms with Crippen molar-refractivity contribution >= 4 is 34.1 Å². The van der Waals surface area contributed by atoms with E-state index in [1.165, 1.54) is 24.7 Å². The number of hydrogen-bond acceptors (Lipinski definition) is 7. The van der Waals surface area contributed by atoms with Crippen LogP contribution in [0.15, 0.2) is 24.4 Å². The summed E-state index contributed by atoms with van der Waals surface area (Å²) in [6.45, 7) is 6.65. The first-order chi connectivity index (χ1) is 15.1. The van der Waals surface area contributed by atoms with Gasteiger partial charge in [0.2, 0.25) is 0 Å². The lowest BCUT2D eigenvalue weighted by molar-refractivity contribution is 0.150. The summed E-state index contributed by atoms with van der Waals surface area (Å²) in [5, 5.41) is 3.85. The van der Waals surface area contributed by atoms with Crippen LogP contribution >= 0.6 is 11.6 Å². The molecule has 0 aliphatic carbocycles. The van der Waals surface area contributed by atoms with Gasteiger partial charge in [-0.3, -0.25) is 4.90 Å². The van der Waals surface area contributed by atoms with Gasteiger partial charge in [-0.1, -0.05) is 11.6 Å². The first kappa shape index (κ1) is 20.4. The smallest absolute Gasteiger partial charge is 0.180 e. The number of halogens is 1. The van der Waals surface area contributed by atoms with E-state index in [-0.39, 0.29) is 0 Å². The Morgan fingerprint density at radius 1 is 1.16 bits per heavy atom. The van der Waals surface area contributed by atoms with Crippen LogP contribution in [0.25, 0.3) is 22.6 Å². The molecule has 0 radical (unpaired) electrons. The number of nitrogens with zero attached hydrogens (tertiary/aromatic N) is 4. The summed E-state index contributed by atoms with van der Waals surface area (Å²) in [5.41, 5.74) is 9.76. The standard InChI is InChI=1S/C22H28ClN7O/c1-31-18-12-15(29-8-4-14(5-9-29)30-10-6-25-7-11-30)2-3-16(18)21-27-20-19(24)17(23)13-26-22(20)28-21/h2-3,12-14,25H,4-11H2,1H3,(H3,24,26,27,28). The quantitative estimate of drug-likeness (QED) is 0.573. The fraction of sp³-hybridized carbons (Fsp3) is 0.455. The monoisotopic (exact) mass is 441 g/mol. The van der Waals surface area contributed by atoms with Gasteiger partial charge >= 0.3 is 0 Å². The van der Waals surface area contributed by atoms with Crippen molar-refractivity contribution in [1.29, 1.82) is 0 Å². The number of imidazole rings is 1. The number of hydrogen-bond donors (Lipinski definition) is 3. The average molecular weight is 442 g/mol. The SMILES string of the molecule is COc1cc(N2CCC(N3CCNCC3)CC2)ccc1-c1nc2ncc(Cl)c(N)c2[nH]1. The van der Waals surface area contributed by atoms with E-state index >= 15 is 0 Å². The van der Waals surface area contributed by atoms with E-state index in [4.69, 9.17) is 22.1 Å². The molecule has 3 aromatic rings. The van der Waals surface area contributed by atoms with Gasteiger partial charge in [0.1, 0.15) is 17.1 Å². The second-order valence-electron chi connectivity index (χ2n) is 8.19. The fourth-order valence-corrected chi connectivity index (χ4v) is 4.83. The predicted octanol–water partition coefficient (Wildman–Crippen LogP) is 2.74. The molecule has 9 heteroatoms. The second kappa shape index (κ2) is 8.53. The fourth-order valence-electron chi connectivity index (χ4n) is 4.69. The Labute approximate surface area is 186 Å². The van der Waals surface area contributed by atoms with Gasteiger partial charge < -0.3 is 25.7 Å². The Hall–Kier alpha value is -2.55. The number of aromatic nitrogens is 3. The molecule has 4 N–H and O–H groups in total. The van der Waals surface area contributed by atoms with Crippen LogP contribution in [0.1, 0.15) is 12.8 Å². The van der Waals surface area contributed by atoms with Crippen LogP contribution in [-0.4, -0.2) is 72.3 Å². The van der Waals surface area contributed by atoms with Gasteiger partial charge in [-0.2, -0.15) is 0 Å². The zero-order chi connectivity index (χ0) is 21.4. The maximum absolute atomic E-state index is 6.10. The lowest BCUT2D eigenvalue weighted by Crippen LogP contribution is -2.52. The second-order valence-corrected chi connectivity index (χ2v) is 8.60. The number of nitrogen functional groups attached to an aromatic ring is 1. The highest BCUT2D eigenvalue weighted by molar-refractivity contribution is 6.34. The summed E-state index contributed by atoms with van der Waals surface area (Å²) < 4.78 is 5.72. The van der Waals surface area contributed by atoms with E-state index in [2.05, 4.69) is 42.2 Å². The molecule has 2 aromatic heterocycles. The average Bonchev–Trinajstić information content (AvgIpc) is 3.27. The first-order valence-electron chi connectivity index (χ1n) is 10.8. The highest BCUT2D eigenvalue weighted by Gasteiger charge is 2.26. The van der Waals surface area contributed by atoms with Crippen molar-refractivity contribution in [2.24, 2.45) is 0 Å². The summed E-state index contributed by atoms with van der Waals surface area (Å²) in [6, 6.07) is 6.98. The van der Waals surface area contributed by atoms with Crippen LogP contribution in [-0.2, 0) is 0 Å². The number of piperazine rings is 1. The molecule has 0 bridgehead atoms. The van der Waals surface area contributed by atoms with Crippen LogP contribution in [0, 0.1) is 0 Å². The molecule has 8 nitrogen and oxygen atoms in total. The maximum Gasteiger partial charge on any atom is 0.180 e. The van der Waals surface area contributed by atoms with Crippen molar-refractivity contribution < 1.29 is 4.74 Å². The van der Waals surface area contributed by atoms with Gasteiger partial charge in [0.15, 0.2) is 5.65 Å². The number of anilines is 2. The topological polar surface area (TPSA) is 95.3 Å². The van der Waals surface area contributed by atoms with E-state index in [1.807, 2.05) is 6.07 Å². The molecule has 0 spiro atoms. The van der Waals surface area contributed by atoms with Crippen LogP contribution in [0.5, 0.6) is 5.75 Å². The van der Waals surface area contributed by atoms with Gasteiger partial charge in [0.25, 0.3) is 0 Å². The molecule has 0 saturated carbocycles. The Kier molecular flexibility index (Phi) is 5.60. The van der Waals surface area contributed by atoms with Gasteiger partial charge in [-0.25, -0.2) is 9.97 Å². The van der Waals surface area contributed by atoms with E-state index in [9.17, 15) is 0 Å². The zero-order valence-corrected chi connectivity index (χ0v) is 18.5. The number of benzene rings is 1. The maximum atomic E-state index is 6.10. The lowest BCUT2D eigenvalue weighted by Gasteiger charge is -2.41. The number of methoxy groups -OCH3 is 1. The molecule has 0 atom stereocenters. The highest BCUT2D eigenvalue weighted by atomic mass is 35.5. The summed E-state index contributed by atoms with van der Waals surface area (Å²) in [4.78, 5) is 17.2. The van der Waals surface area contributed by atoms with Gasteiger partial charge in [-0.15, -0.1) is 0 Å². The van der Waals surface area contributed by atoms with E-state index in [0.29, 0.717) is 33.7 Å². The largest absolute Gasteiger partial charge is 0.496 e. The third kappa shape index (κ3) is 3.91. The Bertz CT molecular complexity index is 1070. The number of pyridine rings is 1. The molecule has 164 valence electrons. The van der Waals surface area contributed by atoms with Gasteiger partial charge in [0, 0.05) is 57.1 Å². The normalized spacial score (nSPS) is 18.6. The molecule has 0 amide bonds. The van der Waals surface area contributed by atoms with Crippen molar-refractivity contribution in [3.05, 3.63) is 29.4 Å². The number of H-pyrrole nitrogens is 1.